The number of H-pyrrole nitrogens is 1. The van der Waals surface area contributed by atoms with Crippen molar-refractivity contribution in [3.05, 3.63) is 42.7 Å². The Bertz CT molecular complexity index is 573. The van der Waals surface area contributed by atoms with Crippen molar-refractivity contribution in [1.29, 1.82) is 0 Å². The van der Waals surface area contributed by atoms with E-state index in [0.29, 0.717) is 6.04 Å². The molecule has 0 radical (unpaired) electrons. The normalized spacial score (nSPS) is 26.0. The molecule has 6 nitrogen and oxygen atoms in total. The third-order valence-electron chi connectivity index (χ3n) is 4.30. The van der Waals surface area contributed by atoms with Crippen molar-refractivity contribution in [3.8, 4) is 0 Å². The molecular formula is C15H19N5O. The van der Waals surface area contributed by atoms with E-state index in [4.69, 9.17) is 4.74 Å². The number of hydrogen-bond donors (Lipinski definition) is 1. The molecule has 2 aliphatic rings. The van der Waals surface area contributed by atoms with Crippen LogP contribution < -0.4 is 4.90 Å². The maximum atomic E-state index is 5.97. The second-order valence-corrected chi connectivity index (χ2v) is 5.65. The average molecular weight is 285 g/mol. The molecule has 110 valence electrons. The van der Waals surface area contributed by atoms with E-state index in [2.05, 4.69) is 30.8 Å². The van der Waals surface area contributed by atoms with Crippen LogP contribution in [-0.4, -0.2) is 58.2 Å². The van der Waals surface area contributed by atoms with E-state index in [-0.39, 0.29) is 6.10 Å². The molecule has 2 atom stereocenters. The van der Waals surface area contributed by atoms with Crippen molar-refractivity contribution >= 4 is 5.69 Å². The number of nitrogens with zero attached hydrogens (tertiary/aromatic N) is 4. The SMILES string of the molecule is c1cncc(N2CCO[C@H]3CN(Cc4cnc[nH]4)C[C@H]32)c1. The van der Waals surface area contributed by atoms with Crippen LogP contribution in [0.2, 0.25) is 0 Å². The number of anilines is 1. The number of ether oxygens (including phenoxy) is 1. The zero-order valence-corrected chi connectivity index (χ0v) is 11.9. The Labute approximate surface area is 123 Å². The first-order chi connectivity index (χ1) is 10.4. The molecule has 2 aliphatic heterocycles. The monoisotopic (exact) mass is 285 g/mol. The Kier molecular flexibility index (Phi) is 3.33. The van der Waals surface area contributed by atoms with Crippen molar-refractivity contribution in [1.82, 2.24) is 19.9 Å². The molecule has 0 amide bonds. The van der Waals surface area contributed by atoms with Crippen LogP contribution in [0.5, 0.6) is 0 Å². The summed E-state index contributed by atoms with van der Waals surface area (Å²) >= 11 is 0. The third-order valence-corrected chi connectivity index (χ3v) is 4.30. The van der Waals surface area contributed by atoms with E-state index >= 15 is 0 Å². The van der Waals surface area contributed by atoms with Gasteiger partial charge in [-0.25, -0.2) is 4.98 Å². The van der Waals surface area contributed by atoms with E-state index < -0.39 is 0 Å². The number of morpholine rings is 1. The molecule has 4 rings (SSSR count). The largest absolute Gasteiger partial charge is 0.373 e. The molecule has 2 fully saturated rings. The molecule has 2 aromatic rings. The maximum absolute atomic E-state index is 5.97. The topological polar surface area (TPSA) is 57.3 Å². The fraction of sp³-hybridized carbons (Fsp3) is 0.467. The summed E-state index contributed by atoms with van der Waals surface area (Å²) in [7, 11) is 0. The van der Waals surface area contributed by atoms with Crippen LogP contribution in [0.3, 0.4) is 0 Å². The predicted octanol–water partition coefficient (Wildman–Crippen LogP) is 0.894. The zero-order valence-electron chi connectivity index (χ0n) is 11.9. The van der Waals surface area contributed by atoms with Crippen LogP contribution in [0.1, 0.15) is 5.69 Å². The number of aromatic nitrogens is 3. The maximum Gasteiger partial charge on any atom is 0.0922 e. The summed E-state index contributed by atoms with van der Waals surface area (Å²) in [5.74, 6) is 0. The molecule has 0 saturated carbocycles. The van der Waals surface area contributed by atoms with Gasteiger partial charge in [0, 0.05) is 44.3 Å². The van der Waals surface area contributed by atoms with Gasteiger partial charge in [0.1, 0.15) is 0 Å². The van der Waals surface area contributed by atoms with Gasteiger partial charge in [-0.15, -0.1) is 0 Å². The van der Waals surface area contributed by atoms with E-state index in [1.165, 1.54) is 5.69 Å². The van der Waals surface area contributed by atoms with Gasteiger partial charge in [0.15, 0.2) is 0 Å². The molecule has 0 aliphatic carbocycles. The van der Waals surface area contributed by atoms with Crippen molar-refractivity contribution in [2.75, 3.05) is 31.1 Å². The van der Waals surface area contributed by atoms with E-state index in [0.717, 1.165) is 38.5 Å². The van der Waals surface area contributed by atoms with Crippen molar-refractivity contribution in [2.24, 2.45) is 0 Å². The Hall–Kier alpha value is -1.92. The van der Waals surface area contributed by atoms with Crippen LogP contribution >= 0.6 is 0 Å². The molecule has 0 unspecified atom stereocenters. The number of aromatic amines is 1. The lowest BCUT2D eigenvalue weighted by Gasteiger charge is -2.38. The van der Waals surface area contributed by atoms with E-state index in [1.54, 1.807) is 6.33 Å². The fourth-order valence-corrected chi connectivity index (χ4v) is 3.35. The average Bonchev–Trinajstić information content (AvgIpc) is 3.17. The van der Waals surface area contributed by atoms with Gasteiger partial charge in [0.25, 0.3) is 0 Å². The van der Waals surface area contributed by atoms with Gasteiger partial charge >= 0.3 is 0 Å². The summed E-state index contributed by atoms with van der Waals surface area (Å²) in [6, 6.07) is 4.54. The summed E-state index contributed by atoms with van der Waals surface area (Å²) in [6.45, 7) is 4.61. The van der Waals surface area contributed by atoms with Crippen LogP contribution in [0.25, 0.3) is 0 Å². The quantitative estimate of drug-likeness (QED) is 0.908. The Morgan fingerprint density at radius 2 is 2.29 bits per heavy atom. The Balaban J connectivity index is 1.50. The molecule has 1 N–H and O–H groups in total. The van der Waals surface area contributed by atoms with Crippen LogP contribution in [0, 0.1) is 0 Å². The summed E-state index contributed by atoms with van der Waals surface area (Å²) in [5.41, 5.74) is 2.35. The lowest BCUT2D eigenvalue weighted by molar-refractivity contribution is 0.0306. The van der Waals surface area contributed by atoms with Gasteiger partial charge in [-0.3, -0.25) is 9.88 Å². The molecule has 2 aromatic heterocycles. The molecular weight excluding hydrogens is 266 g/mol. The first-order valence-electron chi connectivity index (χ1n) is 7.38. The van der Waals surface area contributed by atoms with Gasteiger partial charge in [-0.2, -0.15) is 0 Å². The Morgan fingerprint density at radius 3 is 3.10 bits per heavy atom. The van der Waals surface area contributed by atoms with Gasteiger partial charge in [0.05, 0.1) is 37.0 Å². The van der Waals surface area contributed by atoms with Crippen molar-refractivity contribution in [2.45, 2.75) is 18.7 Å². The number of nitrogens with one attached hydrogen (secondary N) is 1. The summed E-state index contributed by atoms with van der Waals surface area (Å²) in [6.07, 6.45) is 7.67. The lowest BCUT2D eigenvalue weighted by atomic mass is 10.1. The highest BCUT2D eigenvalue weighted by Gasteiger charge is 2.40. The van der Waals surface area contributed by atoms with Crippen LogP contribution in [-0.2, 0) is 11.3 Å². The molecule has 2 saturated heterocycles. The molecule has 21 heavy (non-hydrogen) atoms. The first-order valence-corrected chi connectivity index (χ1v) is 7.38. The van der Waals surface area contributed by atoms with Crippen molar-refractivity contribution in [3.63, 3.8) is 0 Å². The van der Waals surface area contributed by atoms with Gasteiger partial charge in [-0.05, 0) is 12.1 Å². The molecule has 6 heteroatoms. The summed E-state index contributed by atoms with van der Waals surface area (Å²) in [5, 5.41) is 0. The van der Waals surface area contributed by atoms with Gasteiger partial charge < -0.3 is 14.6 Å². The van der Waals surface area contributed by atoms with E-state index in [9.17, 15) is 0 Å². The summed E-state index contributed by atoms with van der Waals surface area (Å²) in [4.78, 5) is 16.4. The zero-order chi connectivity index (χ0) is 14.1. The number of rotatable bonds is 3. The van der Waals surface area contributed by atoms with Gasteiger partial charge in [-0.1, -0.05) is 0 Å². The fourth-order valence-electron chi connectivity index (χ4n) is 3.35. The number of fused-ring (bicyclic) bond motifs is 1. The number of likely N-dealkylation sites (tertiary alicyclic amines) is 1. The highest BCUT2D eigenvalue weighted by Crippen LogP contribution is 2.28. The minimum atomic E-state index is 0.280. The minimum absolute atomic E-state index is 0.280. The van der Waals surface area contributed by atoms with E-state index in [1.807, 2.05) is 24.7 Å². The standard InChI is InChI=1S/C15H19N5O/c1-2-13(7-16-3-1)20-4-5-21-15-10-19(9-14(15)20)8-12-6-17-11-18-12/h1-3,6-7,11,14-15H,4-5,8-10H2,(H,17,18)/t14-,15+/m1/s1. The summed E-state index contributed by atoms with van der Waals surface area (Å²) < 4.78 is 5.97. The first kappa shape index (κ1) is 12.8. The second-order valence-electron chi connectivity index (χ2n) is 5.65. The minimum Gasteiger partial charge on any atom is -0.373 e. The predicted molar refractivity (Wildman–Crippen MR) is 79.0 cm³/mol. The van der Waals surface area contributed by atoms with Crippen molar-refractivity contribution < 1.29 is 4.74 Å². The number of imidazole rings is 1. The van der Waals surface area contributed by atoms with Crippen LogP contribution in [0.4, 0.5) is 5.69 Å². The lowest BCUT2D eigenvalue weighted by Crippen LogP contribution is -2.51. The molecule has 4 heterocycles. The molecule has 0 bridgehead atoms. The number of pyridine rings is 1. The second kappa shape index (κ2) is 5.46. The van der Waals surface area contributed by atoms with Gasteiger partial charge in [0.2, 0.25) is 0 Å². The van der Waals surface area contributed by atoms with Crippen LogP contribution in [0.15, 0.2) is 37.1 Å². The molecule has 0 aromatic carbocycles. The number of hydrogen-bond acceptors (Lipinski definition) is 5. The smallest absolute Gasteiger partial charge is 0.0922 e. The highest BCUT2D eigenvalue weighted by atomic mass is 16.5. The highest BCUT2D eigenvalue weighted by molar-refractivity contribution is 5.46. The Morgan fingerprint density at radius 1 is 1.29 bits per heavy atom. The third kappa shape index (κ3) is 2.52. The molecule has 0 spiro atoms.